The van der Waals surface area contributed by atoms with Crippen LogP contribution in [0.5, 0.6) is 5.75 Å². The lowest BCUT2D eigenvalue weighted by Gasteiger charge is -2.19. The average Bonchev–Trinajstić information content (AvgIpc) is 2.46. The molecule has 1 rings (SSSR count). The first-order valence-electron chi connectivity index (χ1n) is 7.93. The van der Waals surface area contributed by atoms with Gasteiger partial charge in [0.1, 0.15) is 11.4 Å². The minimum Gasteiger partial charge on any atom is -0.494 e. The van der Waals surface area contributed by atoms with E-state index in [-0.39, 0.29) is 6.61 Å². The van der Waals surface area contributed by atoms with Crippen LogP contribution in [-0.4, -0.2) is 36.5 Å². The van der Waals surface area contributed by atoms with Gasteiger partial charge in [-0.2, -0.15) is 0 Å². The fourth-order valence-electron chi connectivity index (χ4n) is 1.94. The number of nitrogens with one attached hydrogen (secondary N) is 2. The average molecular weight is 324 g/mol. The van der Waals surface area contributed by atoms with Crippen molar-refractivity contribution in [1.82, 2.24) is 5.32 Å². The SMILES string of the molecule is CCOc1ccc(NCCCNC(=O)OC(C)(C)C)cc1CO. The van der Waals surface area contributed by atoms with Gasteiger partial charge in [0.15, 0.2) is 0 Å². The van der Waals surface area contributed by atoms with Gasteiger partial charge >= 0.3 is 6.09 Å². The van der Waals surface area contributed by atoms with Crippen molar-refractivity contribution in [2.75, 3.05) is 25.0 Å². The highest BCUT2D eigenvalue weighted by Crippen LogP contribution is 2.22. The molecule has 1 amide bonds. The third-order valence-electron chi connectivity index (χ3n) is 2.88. The van der Waals surface area contributed by atoms with E-state index in [9.17, 15) is 9.90 Å². The molecule has 3 N–H and O–H groups in total. The highest BCUT2D eigenvalue weighted by atomic mass is 16.6. The van der Waals surface area contributed by atoms with Gasteiger partial charge in [0, 0.05) is 24.3 Å². The molecule has 0 atom stereocenters. The van der Waals surface area contributed by atoms with Gasteiger partial charge in [0.05, 0.1) is 13.2 Å². The fourth-order valence-corrected chi connectivity index (χ4v) is 1.94. The fraction of sp³-hybridized carbons (Fsp3) is 0.588. The highest BCUT2D eigenvalue weighted by Gasteiger charge is 2.15. The number of hydrogen-bond acceptors (Lipinski definition) is 5. The zero-order chi connectivity index (χ0) is 17.3. The highest BCUT2D eigenvalue weighted by molar-refractivity contribution is 5.67. The molecule has 0 aliphatic heterocycles. The van der Waals surface area contributed by atoms with Crippen molar-refractivity contribution < 1.29 is 19.4 Å². The van der Waals surface area contributed by atoms with Gasteiger partial charge in [-0.15, -0.1) is 0 Å². The van der Waals surface area contributed by atoms with Crippen molar-refractivity contribution in [3.8, 4) is 5.75 Å². The maximum atomic E-state index is 11.5. The maximum Gasteiger partial charge on any atom is 0.407 e. The Labute approximate surface area is 138 Å². The molecule has 0 radical (unpaired) electrons. The maximum absolute atomic E-state index is 11.5. The molecule has 0 heterocycles. The lowest BCUT2D eigenvalue weighted by atomic mass is 10.2. The lowest BCUT2D eigenvalue weighted by Crippen LogP contribution is -2.33. The van der Waals surface area contributed by atoms with E-state index in [0.29, 0.717) is 25.4 Å². The second kappa shape index (κ2) is 9.25. The molecule has 0 aliphatic rings. The Bertz CT molecular complexity index is 498. The number of ether oxygens (including phenoxy) is 2. The summed E-state index contributed by atoms with van der Waals surface area (Å²) in [4.78, 5) is 11.5. The van der Waals surface area contributed by atoms with E-state index in [1.54, 1.807) is 0 Å². The molecule has 23 heavy (non-hydrogen) atoms. The smallest absolute Gasteiger partial charge is 0.407 e. The van der Waals surface area contributed by atoms with Crippen molar-refractivity contribution in [3.63, 3.8) is 0 Å². The van der Waals surface area contributed by atoms with Crippen LogP contribution in [0.2, 0.25) is 0 Å². The molecule has 0 aromatic heterocycles. The van der Waals surface area contributed by atoms with E-state index >= 15 is 0 Å². The van der Waals surface area contributed by atoms with Crippen LogP contribution in [0.15, 0.2) is 18.2 Å². The Morgan fingerprint density at radius 2 is 2.00 bits per heavy atom. The first kappa shape index (κ1) is 19.1. The second-order valence-corrected chi connectivity index (χ2v) is 6.12. The van der Waals surface area contributed by atoms with Gasteiger partial charge in [-0.05, 0) is 52.3 Å². The Balaban J connectivity index is 2.32. The third-order valence-corrected chi connectivity index (χ3v) is 2.88. The van der Waals surface area contributed by atoms with Crippen LogP contribution >= 0.6 is 0 Å². The van der Waals surface area contributed by atoms with Gasteiger partial charge in [-0.25, -0.2) is 4.79 Å². The van der Waals surface area contributed by atoms with E-state index in [1.165, 1.54) is 0 Å². The Morgan fingerprint density at radius 1 is 1.26 bits per heavy atom. The first-order chi connectivity index (χ1) is 10.9. The summed E-state index contributed by atoms with van der Waals surface area (Å²) in [5.74, 6) is 0.701. The first-order valence-corrected chi connectivity index (χ1v) is 7.93. The quantitative estimate of drug-likeness (QED) is 0.641. The van der Waals surface area contributed by atoms with Crippen LogP contribution in [-0.2, 0) is 11.3 Å². The van der Waals surface area contributed by atoms with Crippen molar-refractivity contribution in [1.29, 1.82) is 0 Å². The summed E-state index contributed by atoms with van der Waals surface area (Å²) in [6.45, 7) is 9.14. The van der Waals surface area contributed by atoms with Crippen molar-refractivity contribution >= 4 is 11.8 Å². The number of carbonyl (C=O) groups is 1. The number of hydrogen-bond donors (Lipinski definition) is 3. The van der Waals surface area contributed by atoms with Crippen molar-refractivity contribution in [2.24, 2.45) is 0 Å². The predicted octanol–water partition coefficient (Wildman–Crippen LogP) is 2.90. The zero-order valence-corrected chi connectivity index (χ0v) is 14.4. The van der Waals surface area contributed by atoms with Gasteiger partial charge in [0.25, 0.3) is 0 Å². The Morgan fingerprint density at radius 3 is 2.61 bits per heavy atom. The predicted molar refractivity (Wildman–Crippen MR) is 90.9 cm³/mol. The molecule has 6 nitrogen and oxygen atoms in total. The van der Waals surface area contributed by atoms with Gasteiger partial charge < -0.3 is 25.2 Å². The van der Waals surface area contributed by atoms with Crippen LogP contribution in [0, 0.1) is 0 Å². The molecule has 130 valence electrons. The van der Waals surface area contributed by atoms with Crippen molar-refractivity contribution in [2.45, 2.75) is 46.3 Å². The summed E-state index contributed by atoms with van der Waals surface area (Å²) in [6, 6.07) is 5.62. The number of alkyl carbamates (subject to hydrolysis) is 1. The minimum absolute atomic E-state index is 0.0644. The molecule has 0 saturated carbocycles. The van der Waals surface area contributed by atoms with Gasteiger partial charge in [-0.3, -0.25) is 0 Å². The van der Waals surface area contributed by atoms with Gasteiger partial charge in [0.2, 0.25) is 0 Å². The summed E-state index contributed by atoms with van der Waals surface area (Å²) < 4.78 is 10.6. The molecule has 1 aromatic carbocycles. The van der Waals surface area contributed by atoms with Crippen LogP contribution in [0.4, 0.5) is 10.5 Å². The van der Waals surface area contributed by atoms with Crippen LogP contribution in [0.25, 0.3) is 0 Å². The monoisotopic (exact) mass is 324 g/mol. The molecular formula is C17H28N2O4. The Hall–Kier alpha value is -1.95. The zero-order valence-electron chi connectivity index (χ0n) is 14.4. The molecule has 0 unspecified atom stereocenters. The van der Waals surface area contributed by atoms with Crippen LogP contribution < -0.4 is 15.4 Å². The number of amides is 1. The van der Waals surface area contributed by atoms with E-state index in [4.69, 9.17) is 9.47 Å². The number of benzene rings is 1. The second-order valence-electron chi connectivity index (χ2n) is 6.12. The number of anilines is 1. The summed E-state index contributed by atoms with van der Waals surface area (Å²) in [7, 11) is 0. The summed E-state index contributed by atoms with van der Waals surface area (Å²) >= 11 is 0. The van der Waals surface area contributed by atoms with Crippen LogP contribution in [0.1, 0.15) is 39.7 Å². The molecular weight excluding hydrogens is 296 g/mol. The molecule has 6 heteroatoms. The number of aliphatic hydroxyl groups excluding tert-OH is 1. The normalized spacial score (nSPS) is 11.0. The van der Waals surface area contributed by atoms with Crippen molar-refractivity contribution in [3.05, 3.63) is 23.8 Å². The van der Waals surface area contributed by atoms with E-state index < -0.39 is 11.7 Å². The largest absolute Gasteiger partial charge is 0.494 e. The molecule has 0 bridgehead atoms. The summed E-state index contributed by atoms with van der Waals surface area (Å²) in [5, 5.41) is 15.3. The Kier molecular flexibility index (Phi) is 7.68. The summed E-state index contributed by atoms with van der Waals surface area (Å²) in [5.41, 5.74) is 1.18. The third kappa shape index (κ3) is 7.74. The van der Waals surface area contributed by atoms with Gasteiger partial charge in [-0.1, -0.05) is 0 Å². The summed E-state index contributed by atoms with van der Waals surface area (Å²) in [6.07, 6.45) is 0.363. The molecule has 0 fully saturated rings. The number of rotatable bonds is 8. The standard InChI is InChI=1S/C17H28N2O4/c1-5-22-15-8-7-14(11-13(15)12-20)18-9-6-10-19-16(21)23-17(2,3)4/h7-8,11,18,20H,5-6,9-10,12H2,1-4H3,(H,19,21). The number of aliphatic hydroxyl groups is 1. The van der Waals surface area contributed by atoms with E-state index in [2.05, 4.69) is 10.6 Å². The minimum atomic E-state index is -0.481. The molecule has 0 spiro atoms. The molecule has 0 aliphatic carbocycles. The van der Waals surface area contributed by atoms with E-state index in [1.807, 2.05) is 45.9 Å². The molecule has 0 saturated heterocycles. The van der Waals surface area contributed by atoms with E-state index in [0.717, 1.165) is 17.7 Å². The number of carbonyl (C=O) groups excluding carboxylic acids is 1. The lowest BCUT2D eigenvalue weighted by molar-refractivity contribution is 0.0528. The topological polar surface area (TPSA) is 79.8 Å². The van der Waals surface area contributed by atoms with Crippen LogP contribution in [0.3, 0.4) is 0 Å². The molecule has 1 aromatic rings.